The first-order chi connectivity index (χ1) is 6.93. The van der Waals surface area contributed by atoms with E-state index in [1.165, 1.54) is 7.05 Å². The van der Waals surface area contributed by atoms with Gasteiger partial charge in [0.15, 0.2) is 0 Å². The van der Waals surface area contributed by atoms with Crippen molar-refractivity contribution in [1.29, 1.82) is 0 Å². The maximum Gasteiger partial charge on any atom is 0.393 e. The van der Waals surface area contributed by atoms with Gasteiger partial charge in [0.25, 0.3) is 0 Å². The molecule has 0 saturated carbocycles. The lowest BCUT2D eigenvalue weighted by atomic mass is 9.97. The van der Waals surface area contributed by atoms with Crippen LogP contribution in [0, 0.1) is 5.92 Å². The Morgan fingerprint density at radius 2 is 2.20 bits per heavy atom. The lowest BCUT2D eigenvalue weighted by Crippen LogP contribution is -2.45. The molecule has 0 aliphatic carbocycles. The highest BCUT2D eigenvalue weighted by Crippen LogP contribution is 2.32. The molecule has 1 rings (SSSR count). The number of nitrogens with one attached hydrogen (secondary N) is 1. The van der Waals surface area contributed by atoms with Crippen LogP contribution in [0.2, 0.25) is 0 Å². The minimum atomic E-state index is -4.14. The smallest absolute Gasteiger partial charge is 0.358 e. The molecule has 1 N–H and O–H groups in total. The van der Waals surface area contributed by atoms with Crippen LogP contribution in [0.3, 0.4) is 0 Å². The molecule has 1 fully saturated rings. The zero-order chi connectivity index (χ0) is 11.5. The Morgan fingerprint density at radius 3 is 2.73 bits per heavy atom. The standard InChI is InChI=1S/C9H15F3N2O/c1-13-8(15)6-14-4-2-3-7(5-14)9(10,11)12/h7H,2-6H2,1H3,(H,13,15)/t7-/m1/s1. The molecular formula is C9H15F3N2O. The summed E-state index contributed by atoms with van der Waals surface area (Å²) in [6.45, 7) is 0.569. The van der Waals surface area contributed by atoms with Gasteiger partial charge in [-0.25, -0.2) is 0 Å². The van der Waals surface area contributed by atoms with Crippen molar-refractivity contribution in [3.63, 3.8) is 0 Å². The van der Waals surface area contributed by atoms with Crippen molar-refractivity contribution in [3.05, 3.63) is 0 Å². The molecule has 3 nitrogen and oxygen atoms in total. The van der Waals surface area contributed by atoms with E-state index in [0.717, 1.165) is 0 Å². The molecule has 15 heavy (non-hydrogen) atoms. The first-order valence-corrected chi connectivity index (χ1v) is 4.93. The summed E-state index contributed by atoms with van der Waals surface area (Å²) in [5.41, 5.74) is 0. The van der Waals surface area contributed by atoms with Crippen LogP contribution in [-0.4, -0.2) is 43.7 Å². The molecule has 0 radical (unpaired) electrons. The van der Waals surface area contributed by atoms with Gasteiger partial charge in [0.05, 0.1) is 12.5 Å². The predicted octanol–water partition coefficient (Wildman–Crippen LogP) is 1.01. The zero-order valence-electron chi connectivity index (χ0n) is 8.60. The quantitative estimate of drug-likeness (QED) is 0.759. The number of hydrogen-bond donors (Lipinski definition) is 1. The topological polar surface area (TPSA) is 32.3 Å². The number of amides is 1. The molecule has 1 aliphatic heterocycles. The van der Waals surface area contributed by atoms with E-state index in [2.05, 4.69) is 5.32 Å². The summed E-state index contributed by atoms with van der Waals surface area (Å²) in [6.07, 6.45) is -3.46. The molecule has 1 saturated heterocycles. The molecule has 0 bridgehead atoms. The number of carbonyl (C=O) groups is 1. The van der Waals surface area contributed by atoms with Gasteiger partial charge in [-0.15, -0.1) is 0 Å². The van der Waals surface area contributed by atoms with Crippen molar-refractivity contribution in [1.82, 2.24) is 10.2 Å². The number of alkyl halides is 3. The number of piperidine rings is 1. The summed E-state index contributed by atoms with van der Waals surface area (Å²) < 4.78 is 37.2. The first-order valence-electron chi connectivity index (χ1n) is 4.93. The fraction of sp³-hybridized carbons (Fsp3) is 0.889. The number of nitrogens with zero attached hydrogens (tertiary/aromatic N) is 1. The van der Waals surface area contributed by atoms with Gasteiger partial charge in [0.2, 0.25) is 5.91 Å². The Morgan fingerprint density at radius 1 is 1.53 bits per heavy atom. The van der Waals surface area contributed by atoms with Crippen LogP contribution in [0.15, 0.2) is 0 Å². The minimum absolute atomic E-state index is 0.0586. The number of likely N-dealkylation sites (tertiary alicyclic amines) is 1. The van der Waals surface area contributed by atoms with E-state index in [-0.39, 0.29) is 25.4 Å². The van der Waals surface area contributed by atoms with E-state index in [1.54, 1.807) is 4.90 Å². The lowest BCUT2D eigenvalue weighted by Gasteiger charge is -2.33. The number of halogens is 3. The molecule has 0 spiro atoms. The van der Waals surface area contributed by atoms with Crippen molar-refractivity contribution < 1.29 is 18.0 Å². The Balaban J connectivity index is 2.46. The third-order valence-electron chi connectivity index (χ3n) is 2.61. The first kappa shape index (κ1) is 12.3. The zero-order valence-corrected chi connectivity index (χ0v) is 8.60. The van der Waals surface area contributed by atoms with Crippen LogP contribution in [0.25, 0.3) is 0 Å². The highest BCUT2D eigenvalue weighted by Gasteiger charge is 2.41. The molecule has 0 aromatic heterocycles. The van der Waals surface area contributed by atoms with Crippen LogP contribution in [0.4, 0.5) is 13.2 Å². The molecule has 1 atom stereocenters. The minimum Gasteiger partial charge on any atom is -0.358 e. The van der Waals surface area contributed by atoms with Crippen molar-refractivity contribution in [2.75, 3.05) is 26.7 Å². The summed E-state index contributed by atoms with van der Waals surface area (Å²) in [7, 11) is 1.48. The second-order valence-corrected chi connectivity index (χ2v) is 3.79. The molecule has 1 heterocycles. The van der Waals surface area contributed by atoms with Gasteiger partial charge in [-0.2, -0.15) is 13.2 Å². The van der Waals surface area contributed by atoms with E-state index in [0.29, 0.717) is 13.0 Å². The van der Waals surface area contributed by atoms with Gasteiger partial charge in [-0.3, -0.25) is 9.69 Å². The molecule has 0 aromatic rings. The fourth-order valence-electron chi connectivity index (χ4n) is 1.75. The Labute approximate surface area is 86.6 Å². The lowest BCUT2D eigenvalue weighted by molar-refractivity contribution is -0.187. The summed E-state index contributed by atoms with van der Waals surface area (Å²) in [5.74, 6) is -1.52. The van der Waals surface area contributed by atoms with E-state index >= 15 is 0 Å². The normalized spacial score (nSPS) is 23.9. The van der Waals surface area contributed by atoms with Crippen molar-refractivity contribution >= 4 is 5.91 Å². The number of rotatable bonds is 2. The van der Waals surface area contributed by atoms with E-state index < -0.39 is 12.1 Å². The van der Waals surface area contributed by atoms with E-state index in [9.17, 15) is 18.0 Å². The predicted molar refractivity (Wildman–Crippen MR) is 49.3 cm³/mol. The average Bonchev–Trinajstić information content (AvgIpc) is 2.17. The molecular weight excluding hydrogens is 209 g/mol. The van der Waals surface area contributed by atoms with Gasteiger partial charge in [-0.1, -0.05) is 0 Å². The molecule has 0 aromatic carbocycles. The molecule has 1 aliphatic rings. The van der Waals surface area contributed by atoms with Gasteiger partial charge in [0, 0.05) is 13.6 Å². The van der Waals surface area contributed by atoms with E-state index in [4.69, 9.17) is 0 Å². The van der Waals surface area contributed by atoms with Crippen LogP contribution < -0.4 is 5.32 Å². The van der Waals surface area contributed by atoms with Crippen LogP contribution in [0.1, 0.15) is 12.8 Å². The van der Waals surface area contributed by atoms with Crippen molar-refractivity contribution in [2.24, 2.45) is 5.92 Å². The van der Waals surface area contributed by atoms with E-state index in [1.807, 2.05) is 0 Å². The Hall–Kier alpha value is -0.780. The Kier molecular flexibility index (Phi) is 3.96. The maximum absolute atomic E-state index is 12.4. The van der Waals surface area contributed by atoms with Crippen molar-refractivity contribution in [2.45, 2.75) is 19.0 Å². The summed E-state index contributed by atoms with van der Waals surface area (Å²) >= 11 is 0. The van der Waals surface area contributed by atoms with Gasteiger partial charge in [-0.05, 0) is 19.4 Å². The van der Waals surface area contributed by atoms with Crippen LogP contribution in [0.5, 0.6) is 0 Å². The van der Waals surface area contributed by atoms with Crippen molar-refractivity contribution in [3.8, 4) is 0 Å². The summed E-state index contributed by atoms with van der Waals surface area (Å²) in [6, 6.07) is 0. The van der Waals surface area contributed by atoms with Crippen LogP contribution >= 0.6 is 0 Å². The monoisotopic (exact) mass is 224 g/mol. The highest BCUT2D eigenvalue weighted by molar-refractivity contribution is 5.77. The van der Waals surface area contributed by atoms with Crippen LogP contribution in [-0.2, 0) is 4.79 Å². The molecule has 0 unspecified atom stereocenters. The SMILES string of the molecule is CNC(=O)CN1CCC[C@@H](C(F)(F)F)C1. The number of carbonyl (C=O) groups excluding carboxylic acids is 1. The second-order valence-electron chi connectivity index (χ2n) is 3.79. The summed E-state index contributed by atoms with van der Waals surface area (Å²) in [4.78, 5) is 12.6. The fourth-order valence-corrected chi connectivity index (χ4v) is 1.75. The molecule has 1 amide bonds. The van der Waals surface area contributed by atoms with Gasteiger partial charge >= 0.3 is 6.18 Å². The number of likely N-dealkylation sites (N-methyl/N-ethyl adjacent to an activating group) is 1. The third-order valence-corrected chi connectivity index (χ3v) is 2.61. The largest absolute Gasteiger partial charge is 0.393 e. The highest BCUT2D eigenvalue weighted by atomic mass is 19.4. The maximum atomic E-state index is 12.4. The molecule has 88 valence electrons. The average molecular weight is 224 g/mol. The number of hydrogen-bond acceptors (Lipinski definition) is 2. The molecule has 6 heteroatoms. The van der Waals surface area contributed by atoms with Gasteiger partial charge in [0.1, 0.15) is 0 Å². The Bertz CT molecular complexity index is 230. The second kappa shape index (κ2) is 4.83. The van der Waals surface area contributed by atoms with Gasteiger partial charge < -0.3 is 5.32 Å². The summed E-state index contributed by atoms with van der Waals surface area (Å²) in [5, 5.41) is 2.40. The third kappa shape index (κ3) is 3.70.